The van der Waals surface area contributed by atoms with Crippen LogP contribution in [-0.4, -0.2) is 32.5 Å². The number of carbonyl (C=O) groups excluding carboxylic acids is 1. The number of thioether (sulfide) groups is 1. The molecule has 3 aliphatic heterocycles. The Labute approximate surface area is 194 Å². The molecular weight excluding hydrogens is 440 g/mol. The molecule has 7 nitrogen and oxygen atoms in total. The highest BCUT2D eigenvalue weighted by atomic mass is 32.2. The van der Waals surface area contributed by atoms with Crippen molar-refractivity contribution < 1.29 is 19.4 Å². The largest absolute Gasteiger partial charge is 0.490 e. The zero-order valence-corrected chi connectivity index (χ0v) is 19.5. The van der Waals surface area contributed by atoms with Crippen molar-refractivity contribution in [3.05, 3.63) is 50.8 Å². The molecule has 2 aromatic heterocycles. The van der Waals surface area contributed by atoms with E-state index >= 15 is 0 Å². The van der Waals surface area contributed by atoms with Crippen LogP contribution in [0.5, 0.6) is 5.75 Å². The minimum absolute atomic E-state index is 0.0726. The highest BCUT2D eigenvalue weighted by Crippen LogP contribution is 2.47. The number of esters is 1. The second-order valence-corrected chi connectivity index (χ2v) is 10.2. The van der Waals surface area contributed by atoms with Crippen LogP contribution in [0.2, 0.25) is 0 Å². The Balaban J connectivity index is 1.61. The van der Waals surface area contributed by atoms with Crippen LogP contribution in [-0.2, 0) is 34.7 Å². The lowest BCUT2D eigenvalue weighted by molar-refractivity contribution is -0.172. The van der Waals surface area contributed by atoms with Gasteiger partial charge in [0.1, 0.15) is 12.4 Å². The second-order valence-electron chi connectivity index (χ2n) is 9.07. The van der Waals surface area contributed by atoms with Crippen molar-refractivity contribution >= 4 is 28.6 Å². The summed E-state index contributed by atoms with van der Waals surface area (Å²) in [5.41, 5.74) is 3.16. The van der Waals surface area contributed by atoms with Crippen LogP contribution < -0.4 is 10.3 Å². The van der Waals surface area contributed by atoms with Gasteiger partial charge in [0.05, 0.1) is 40.0 Å². The van der Waals surface area contributed by atoms with Gasteiger partial charge in [0.25, 0.3) is 5.56 Å². The van der Waals surface area contributed by atoms with Gasteiger partial charge in [0.15, 0.2) is 5.60 Å². The zero-order chi connectivity index (χ0) is 23.1. The summed E-state index contributed by atoms with van der Waals surface area (Å²) >= 11 is 1.79. The van der Waals surface area contributed by atoms with Crippen LogP contribution >= 0.6 is 11.8 Å². The van der Waals surface area contributed by atoms with Crippen LogP contribution in [0.25, 0.3) is 22.3 Å². The fraction of sp³-hybridized carbons (Fsp3) is 0.400. The van der Waals surface area contributed by atoms with E-state index in [-0.39, 0.29) is 24.7 Å². The van der Waals surface area contributed by atoms with Crippen LogP contribution in [0.1, 0.15) is 49.4 Å². The van der Waals surface area contributed by atoms with Gasteiger partial charge < -0.3 is 19.1 Å². The van der Waals surface area contributed by atoms with E-state index in [2.05, 4.69) is 0 Å². The molecule has 0 unspecified atom stereocenters. The lowest BCUT2D eigenvalue weighted by Crippen LogP contribution is -2.44. The van der Waals surface area contributed by atoms with Crippen molar-refractivity contribution in [3.63, 3.8) is 0 Å². The first-order valence-electron chi connectivity index (χ1n) is 11.3. The van der Waals surface area contributed by atoms with Gasteiger partial charge in [-0.25, -0.2) is 9.78 Å². The van der Waals surface area contributed by atoms with E-state index in [0.717, 1.165) is 45.0 Å². The first-order chi connectivity index (χ1) is 15.8. The molecular formula is C25H24N2O5S. The fourth-order valence-electron chi connectivity index (χ4n) is 5.23. The monoisotopic (exact) mass is 464 g/mol. The molecule has 3 aromatic rings. The molecule has 33 heavy (non-hydrogen) atoms. The number of ether oxygens (including phenoxy) is 2. The van der Waals surface area contributed by atoms with E-state index in [1.54, 1.807) is 29.3 Å². The third-order valence-corrected chi connectivity index (χ3v) is 7.95. The third-order valence-electron chi connectivity index (χ3n) is 6.85. The van der Waals surface area contributed by atoms with E-state index in [0.29, 0.717) is 23.4 Å². The van der Waals surface area contributed by atoms with E-state index in [1.165, 1.54) is 5.56 Å². The number of cyclic esters (lactones) is 1. The molecule has 1 atom stereocenters. The van der Waals surface area contributed by atoms with Crippen LogP contribution in [0.3, 0.4) is 0 Å². The number of aryl methyl sites for hydroxylation is 1. The van der Waals surface area contributed by atoms with E-state index in [1.807, 2.05) is 26.0 Å². The molecule has 0 bridgehead atoms. The number of aromatic nitrogens is 2. The summed E-state index contributed by atoms with van der Waals surface area (Å²) in [5, 5.41) is 12.2. The number of nitrogens with zero attached hydrogens (tertiary/aromatic N) is 2. The van der Waals surface area contributed by atoms with Gasteiger partial charge in [-0.05, 0) is 50.5 Å². The molecule has 1 aromatic carbocycles. The highest BCUT2D eigenvalue weighted by molar-refractivity contribution is 7.99. The molecule has 0 fully saturated rings. The number of aliphatic hydroxyl groups is 1. The van der Waals surface area contributed by atoms with Crippen LogP contribution in [0.15, 0.2) is 27.9 Å². The van der Waals surface area contributed by atoms with Crippen molar-refractivity contribution in [3.8, 4) is 17.1 Å². The Bertz CT molecular complexity index is 1430. The van der Waals surface area contributed by atoms with Gasteiger partial charge in [0, 0.05) is 22.3 Å². The van der Waals surface area contributed by atoms with Gasteiger partial charge in [-0.3, -0.25) is 4.79 Å². The standard InChI is InChI=1S/C25H24N2O5S/c1-4-25(30)16-9-18-21-14(10-27(18)23(28)15(16)11-31-24(25)29)13-7-8-33-22-19(32-12(2)3)6-5-17(26-21)20(13)22/h5-6,9,12,30H,4,7-8,10-11H2,1-3H3/t25-/m0/s1. The van der Waals surface area contributed by atoms with Gasteiger partial charge in [-0.1, -0.05) is 6.92 Å². The lowest BCUT2D eigenvalue weighted by Gasteiger charge is -2.31. The summed E-state index contributed by atoms with van der Waals surface area (Å²) in [6, 6.07) is 5.72. The molecule has 6 rings (SSSR count). The van der Waals surface area contributed by atoms with Crippen molar-refractivity contribution in [2.45, 2.75) is 63.4 Å². The van der Waals surface area contributed by atoms with Gasteiger partial charge in [0.2, 0.25) is 0 Å². The van der Waals surface area contributed by atoms with Crippen LogP contribution in [0, 0.1) is 0 Å². The number of hydrogen-bond acceptors (Lipinski definition) is 7. The second kappa shape index (κ2) is 7.08. The molecule has 1 N–H and O–H groups in total. The van der Waals surface area contributed by atoms with Gasteiger partial charge in [-0.2, -0.15) is 0 Å². The topological polar surface area (TPSA) is 90.7 Å². The summed E-state index contributed by atoms with van der Waals surface area (Å²) in [4.78, 5) is 31.9. The van der Waals surface area contributed by atoms with Crippen molar-refractivity contribution in [2.24, 2.45) is 0 Å². The Morgan fingerprint density at radius 2 is 2.09 bits per heavy atom. The van der Waals surface area contributed by atoms with E-state index in [9.17, 15) is 14.7 Å². The smallest absolute Gasteiger partial charge is 0.343 e. The molecule has 5 heterocycles. The quantitative estimate of drug-likeness (QED) is 0.464. The predicted molar refractivity (Wildman–Crippen MR) is 125 cm³/mol. The van der Waals surface area contributed by atoms with Gasteiger partial charge >= 0.3 is 5.97 Å². The average molecular weight is 465 g/mol. The molecule has 0 saturated carbocycles. The first-order valence-corrected chi connectivity index (χ1v) is 12.3. The zero-order valence-electron chi connectivity index (χ0n) is 18.7. The Hall–Kier alpha value is -2.84. The number of benzene rings is 1. The third kappa shape index (κ3) is 2.77. The lowest BCUT2D eigenvalue weighted by atomic mass is 9.86. The van der Waals surface area contributed by atoms with Crippen molar-refractivity contribution in [1.29, 1.82) is 0 Å². The number of rotatable bonds is 3. The van der Waals surface area contributed by atoms with E-state index < -0.39 is 11.6 Å². The summed E-state index contributed by atoms with van der Waals surface area (Å²) < 4.78 is 12.9. The molecule has 3 aliphatic rings. The van der Waals surface area contributed by atoms with E-state index in [4.69, 9.17) is 14.5 Å². The molecule has 0 radical (unpaired) electrons. The summed E-state index contributed by atoms with van der Waals surface area (Å²) in [5.74, 6) is 1.09. The SMILES string of the molecule is CC[C@@]1(O)C(=O)OCc2c1cc1n(c2=O)Cc2c-1nc1ccc(OC(C)C)c3c1c2CCS3. The van der Waals surface area contributed by atoms with Crippen LogP contribution in [0.4, 0.5) is 0 Å². The van der Waals surface area contributed by atoms with Gasteiger partial charge in [-0.15, -0.1) is 11.8 Å². The molecule has 0 saturated heterocycles. The molecule has 8 heteroatoms. The summed E-state index contributed by atoms with van der Waals surface area (Å²) in [6.07, 6.45) is 1.08. The summed E-state index contributed by atoms with van der Waals surface area (Å²) in [7, 11) is 0. The molecule has 0 aliphatic carbocycles. The highest BCUT2D eigenvalue weighted by Gasteiger charge is 2.45. The Kier molecular flexibility index (Phi) is 4.45. The molecule has 0 spiro atoms. The number of hydrogen-bond donors (Lipinski definition) is 1. The molecule has 170 valence electrons. The number of pyridine rings is 2. The maximum atomic E-state index is 13.4. The minimum Gasteiger partial charge on any atom is -0.490 e. The summed E-state index contributed by atoms with van der Waals surface area (Å²) in [6.45, 7) is 6.05. The van der Waals surface area contributed by atoms with Crippen molar-refractivity contribution in [2.75, 3.05) is 5.75 Å². The maximum absolute atomic E-state index is 13.4. The normalized spacial score (nSPS) is 20.5. The Morgan fingerprint density at radius 3 is 2.85 bits per heavy atom. The number of carbonyl (C=O) groups is 1. The first kappa shape index (κ1) is 20.7. The number of fused-ring (bicyclic) bond motifs is 5. The Morgan fingerprint density at radius 1 is 1.27 bits per heavy atom. The molecule has 0 amide bonds. The predicted octanol–water partition coefficient (Wildman–Crippen LogP) is 3.52. The van der Waals surface area contributed by atoms with Crippen molar-refractivity contribution in [1.82, 2.24) is 9.55 Å². The fourth-order valence-corrected chi connectivity index (χ4v) is 6.37. The minimum atomic E-state index is -1.82. The maximum Gasteiger partial charge on any atom is 0.343 e. The average Bonchev–Trinajstić information content (AvgIpc) is 3.17.